The van der Waals surface area contributed by atoms with Crippen LogP contribution < -0.4 is 0 Å². The molecule has 0 aromatic rings. The van der Waals surface area contributed by atoms with Gasteiger partial charge < -0.3 is 4.79 Å². The summed E-state index contributed by atoms with van der Waals surface area (Å²) < 4.78 is 0. The van der Waals surface area contributed by atoms with Crippen LogP contribution in [0.4, 0.5) is 0 Å². The van der Waals surface area contributed by atoms with Crippen LogP contribution in [0.2, 0.25) is 0 Å². The Bertz CT molecular complexity index is 449. The predicted octanol–water partition coefficient (Wildman–Crippen LogP) is 1.03. The molecule has 0 rings (SSSR count). The number of hydrogen-bond donors (Lipinski definition) is 0. The molecule has 0 heterocycles. The number of ketones is 5. The van der Waals surface area contributed by atoms with Gasteiger partial charge in [0.2, 0.25) is 0 Å². The molecule has 0 aromatic heterocycles. The first-order chi connectivity index (χ1) is 9.81. The van der Waals surface area contributed by atoms with Crippen LogP contribution in [0.3, 0.4) is 0 Å². The second-order valence-electron chi connectivity index (χ2n) is 4.93. The molecule has 21 heavy (non-hydrogen) atoms. The average molecular weight is 296 g/mol. The highest BCUT2D eigenvalue weighted by Crippen LogP contribution is 2.08. The molecule has 0 saturated carbocycles. The lowest BCUT2D eigenvalue weighted by Gasteiger charge is -2.07. The van der Waals surface area contributed by atoms with E-state index in [9.17, 15) is 28.8 Å². The second kappa shape index (κ2) is 9.85. The Morgan fingerprint density at radius 2 is 1.38 bits per heavy atom. The number of carbonyl (C=O) groups is 6. The first-order valence-electron chi connectivity index (χ1n) is 6.85. The summed E-state index contributed by atoms with van der Waals surface area (Å²) in [7, 11) is 0. The van der Waals surface area contributed by atoms with Gasteiger partial charge in [-0.25, -0.2) is 0 Å². The molecule has 116 valence electrons. The SMILES string of the molecule is CCCC(=O)C(C=O)C(=O)CC(=O)CCC(=O)CC(C)=O. The van der Waals surface area contributed by atoms with Crippen molar-refractivity contribution in [2.24, 2.45) is 5.92 Å². The summed E-state index contributed by atoms with van der Waals surface area (Å²) in [5.74, 6) is -3.76. The molecule has 6 heteroatoms. The van der Waals surface area contributed by atoms with Crippen LogP contribution in [0.1, 0.15) is 52.4 Å². The van der Waals surface area contributed by atoms with E-state index in [2.05, 4.69) is 0 Å². The van der Waals surface area contributed by atoms with Crippen LogP contribution in [0.25, 0.3) is 0 Å². The van der Waals surface area contributed by atoms with Gasteiger partial charge in [-0.1, -0.05) is 6.92 Å². The average Bonchev–Trinajstić information content (AvgIpc) is 2.36. The summed E-state index contributed by atoms with van der Waals surface area (Å²) in [4.78, 5) is 67.6. The zero-order chi connectivity index (χ0) is 16.4. The molecule has 0 aromatic carbocycles. The fourth-order valence-corrected chi connectivity index (χ4v) is 1.77. The van der Waals surface area contributed by atoms with Crippen molar-refractivity contribution in [2.45, 2.75) is 52.4 Å². The minimum atomic E-state index is -1.39. The van der Waals surface area contributed by atoms with Gasteiger partial charge in [-0.05, 0) is 13.3 Å². The second-order valence-corrected chi connectivity index (χ2v) is 4.93. The Kier molecular flexibility index (Phi) is 8.92. The van der Waals surface area contributed by atoms with Crippen molar-refractivity contribution in [3.05, 3.63) is 0 Å². The molecule has 1 unspecified atom stereocenters. The number of carbonyl (C=O) groups excluding carboxylic acids is 6. The smallest absolute Gasteiger partial charge is 0.157 e. The third-order valence-corrected chi connectivity index (χ3v) is 2.83. The summed E-state index contributed by atoms with van der Waals surface area (Å²) in [6, 6.07) is 0. The molecular weight excluding hydrogens is 276 g/mol. The number of hydrogen-bond acceptors (Lipinski definition) is 6. The standard InChI is InChI=1S/C15H20O6/c1-3-4-14(20)13(9-16)15(21)8-12(19)6-5-11(18)7-10(2)17/h9,13H,3-8H2,1-2H3. The van der Waals surface area contributed by atoms with Gasteiger partial charge in [-0.2, -0.15) is 0 Å². The normalized spacial score (nSPS) is 11.5. The van der Waals surface area contributed by atoms with Crippen LogP contribution in [0.15, 0.2) is 0 Å². The van der Waals surface area contributed by atoms with E-state index in [1.807, 2.05) is 0 Å². The number of Topliss-reactive ketones (excluding diaryl/α,β-unsaturated/α-hetero) is 5. The quantitative estimate of drug-likeness (QED) is 0.393. The molecule has 0 aliphatic rings. The molecular formula is C15H20O6. The van der Waals surface area contributed by atoms with Crippen molar-refractivity contribution in [2.75, 3.05) is 0 Å². The van der Waals surface area contributed by atoms with Crippen LogP contribution in [-0.2, 0) is 28.8 Å². The van der Waals surface area contributed by atoms with Gasteiger partial charge in [-0.3, -0.25) is 24.0 Å². The molecule has 6 nitrogen and oxygen atoms in total. The molecule has 0 fully saturated rings. The van der Waals surface area contributed by atoms with E-state index in [0.717, 1.165) is 0 Å². The summed E-state index contributed by atoms with van der Waals surface area (Å²) in [5, 5.41) is 0. The fourth-order valence-electron chi connectivity index (χ4n) is 1.77. The molecule has 0 aliphatic heterocycles. The van der Waals surface area contributed by atoms with Crippen molar-refractivity contribution in [1.82, 2.24) is 0 Å². The van der Waals surface area contributed by atoms with E-state index < -0.39 is 29.7 Å². The lowest BCUT2D eigenvalue weighted by Crippen LogP contribution is -2.27. The maximum atomic E-state index is 11.7. The lowest BCUT2D eigenvalue weighted by molar-refractivity contribution is -0.138. The van der Waals surface area contributed by atoms with Crippen LogP contribution >= 0.6 is 0 Å². The predicted molar refractivity (Wildman–Crippen MR) is 73.6 cm³/mol. The first-order valence-corrected chi connectivity index (χ1v) is 6.85. The molecule has 0 N–H and O–H groups in total. The zero-order valence-corrected chi connectivity index (χ0v) is 12.3. The van der Waals surface area contributed by atoms with Crippen molar-refractivity contribution < 1.29 is 28.8 Å². The molecule has 0 aliphatic carbocycles. The van der Waals surface area contributed by atoms with Gasteiger partial charge in [0.15, 0.2) is 11.6 Å². The summed E-state index contributed by atoms with van der Waals surface area (Å²) in [6.45, 7) is 3.02. The lowest BCUT2D eigenvalue weighted by atomic mass is 9.93. The number of aldehydes is 1. The van der Waals surface area contributed by atoms with Crippen molar-refractivity contribution in [3.8, 4) is 0 Å². The van der Waals surface area contributed by atoms with E-state index in [1.54, 1.807) is 6.92 Å². The van der Waals surface area contributed by atoms with E-state index in [1.165, 1.54) is 6.92 Å². The van der Waals surface area contributed by atoms with Crippen molar-refractivity contribution >= 4 is 35.2 Å². The summed E-state index contributed by atoms with van der Waals surface area (Å²) >= 11 is 0. The summed E-state index contributed by atoms with van der Waals surface area (Å²) in [6.07, 6.45) is -0.149. The maximum Gasteiger partial charge on any atom is 0.157 e. The monoisotopic (exact) mass is 296 g/mol. The molecule has 0 amide bonds. The first kappa shape index (κ1) is 19.0. The highest BCUT2D eigenvalue weighted by atomic mass is 16.2. The highest BCUT2D eigenvalue weighted by molar-refractivity contribution is 6.17. The van der Waals surface area contributed by atoms with Crippen molar-refractivity contribution in [3.63, 3.8) is 0 Å². The van der Waals surface area contributed by atoms with Crippen molar-refractivity contribution in [1.29, 1.82) is 0 Å². The van der Waals surface area contributed by atoms with Gasteiger partial charge in [0, 0.05) is 19.3 Å². The zero-order valence-electron chi connectivity index (χ0n) is 12.3. The van der Waals surface area contributed by atoms with Gasteiger partial charge in [0.1, 0.15) is 29.6 Å². The van der Waals surface area contributed by atoms with Gasteiger partial charge in [0.25, 0.3) is 0 Å². The topological polar surface area (TPSA) is 102 Å². The van der Waals surface area contributed by atoms with Crippen LogP contribution in [0, 0.1) is 5.92 Å². The Balaban J connectivity index is 4.33. The fraction of sp³-hybridized carbons (Fsp3) is 0.600. The van der Waals surface area contributed by atoms with Gasteiger partial charge in [-0.15, -0.1) is 0 Å². The minimum Gasteiger partial charge on any atom is -0.302 e. The maximum absolute atomic E-state index is 11.7. The van der Waals surface area contributed by atoms with Crippen LogP contribution in [0.5, 0.6) is 0 Å². The summed E-state index contributed by atoms with van der Waals surface area (Å²) in [5.41, 5.74) is 0. The van der Waals surface area contributed by atoms with Crippen LogP contribution in [-0.4, -0.2) is 35.2 Å². The highest BCUT2D eigenvalue weighted by Gasteiger charge is 2.26. The minimum absolute atomic E-state index is 0.111. The van der Waals surface area contributed by atoms with Gasteiger partial charge in [0.05, 0.1) is 12.8 Å². The molecule has 0 saturated heterocycles. The van der Waals surface area contributed by atoms with E-state index >= 15 is 0 Å². The molecule has 0 spiro atoms. The Hall–Kier alpha value is -1.98. The molecule has 0 bridgehead atoms. The molecule has 0 radical (unpaired) electrons. The molecule has 1 atom stereocenters. The van der Waals surface area contributed by atoms with E-state index in [4.69, 9.17) is 0 Å². The Morgan fingerprint density at radius 1 is 0.857 bits per heavy atom. The third kappa shape index (κ3) is 8.02. The number of rotatable bonds is 12. The van der Waals surface area contributed by atoms with E-state index in [-0.39, 0.29) is 43.5 Å². The van der Waals surface area contributed by atoms with Gasteiger partial charge >= 0.3 is 0 Å². The Labute approximate surface area is 123 Å². The largest absolute Gasteiger partial charge is 0.302 e. The van der Waals surface area contributed by atoms with E-state index in [0.29, 0.717) is 6.42 Å². The Morgan fingerprint density at radius 3 is 1.81 bits per heavy atom. The third-order valence-electron chi connectivity index (χ3n) is 2.83.